The van der Waals surface area contributed by atoms with Crippen LogP contribution >= 0.6 is 23.2 Å². The van der Waals surface area contributed by atoms with E-state index in [2.05, 4.69) is 10.3 Å². The van der Waals surface area contributed by atoms with Gasteiger partial charge in [0.1, 0.15) is 0 Å². The van der Waals surface area contributed by atoms with Crippen molar-refractivity contribution in [2.24, 2.45) is 0 Å². The van der Waals surface area contributed by atoms with Crippen molar-refractivity contribution in [2.75, 3.05) is 39.4 Å². The van der Waals surface area contributed by atoms with Crippen molar-refractivity contribution in [3.8, 4) is 0 Å². The van der Waals surface area contributed by atoms with Gasteiger partial charge in [-0.25, -0.2) is 4.68 Å². The fourth-order valence-electron chi connectivity index (χ4n) is 3.27. The molecule has 0 atom stereocenters. The van der Waals surface area contributed by atoms with Crippen molar-refractivity contribution >= 4 is 35.0 Å². The molecule has 0 unspecified atom stereocenters. The van der Waals surface area contributed by atoms with Crippen LogP contribution in [0.1, 0.15) is 34.7 Å². The molecule has 0 bridgehead atoms. The molecule has 2 amide bonds. The van der Waals surface area contributed by atoms with Gasteiger partial charge in [-0.1, -0.05) is 28.4 Å². The van der Waals surface area contributed by atoms with Crippen molar-refractivity contribution in [2.45, 2.75) is 26.7 Å². The lowest BCUT2D eigenvalue weighted by molar-refractivity contribution is -0.145. The maximum Gasteiger partial charge on any atom is 0.276 e. The van der Waals surface area contributed by atoms with E-state index < -0.39 is 6.29 Å². The predicted octanol–water partition coefficient (Wildman–Crippen LogP) is 2.58. The summed E-state index contributed by atoms with van der Waals surface area (Å²) >= 11 is 12.0. The van der Waals surface area contributed by atoms with Gasteiger partial charge in [-0.3, -0.25) is 9.59 Å². The van der Waals surface area contributed by atoms with Crippen LogP contribution in [-0.4, -0.2) is 82.3 Å². The first-order valence-electron chi connectivity index (χ1n) is 10.1. The number of ether oxygens (including phenoxy) is 2. The molecule has 9 nitrogen and oxygen atoms in total. The van der Waals surface area contributed by atoms with Crippen LogP contribution in [0.5, 0.6) is 0 Å². The molecule has 1 aromatic heterocycles. The number of carbonyl (C=O) groups excluding carboxylic acids is 2. The number of aromatic nitrogens is 3. The van der Waals surface area contributed by atoms with Gasteiger partial charge in [0.15, 0.2) is 12.0 Å². The van der Waals surface area contributed by atoms with Gasteiger partial charge in [-0.2, -0.15) is 0 Å². The molecule has 0 aliphatic carbocycles. The average Bonchev–Trinajstić information content (AvgIpc) is 3.22. The highest BCUT2D eigenvalue weighted by Crippen LogP contribution is 2.23. The third-order valence-corrected chi connectivity index (χ3v) is 5.36. The van der Waals surface area contributed by atoms with Crippen LogP contribution in [-0.2, 0) is 16.0 Å². The second-order valence-corrected chi connectivity index (χ2v) is 7.72. The average molecular weight is 470 g/mol. The van der Waals surface area contributed by atoms with E-state index >= 15 is 0 Å². The normalized spacial score (nSPS) is 14.4. The van der Waals surface area contributed by atoms with Crippen molar-refractivity contribution in [3.63, 3.8) is 0 Å². The van der Waals surface area contributed by atoms with E-state index in [0.29, 0.717) is 61.5 Å². The number of amides is 2. The molecule has 2 heterocycles. The third kappa shape index (κ3) is 5.94. The highest BCUT2D eigenvalue weighted by Gasteiger charge is 2.28. The molecule has 2 aromatic rings. The zero-order valence-corrected chi connectivity index (χ0v) is 19.0. The number of hydrogen-bond acceptors (Lipinski definition) is 6. The van der Waals surface area contributed by atoms with Crippen molar-refractivity contribution in [1.29, 1.82) is 0 Å². The smallest absolute Gasteiger partial charge is 0.276 e. The van der Waals surface area contributed by atoms with E-state index in [1.54, 1.807) is 34.2 Å². The number of piperazine rings is 1. The molecule has 1 fully saturated rings. The van der Waals surface area contributed by atoms with Gasteiger partial charge in [0.05, 0.1) is 23.3 Å². The first-order valence-corrected chi connectivity index (χ1v) is 10.9. The maximum atomic E-state index is 12.8. The SMILES string of the molecule is CCOC(Cn1cc(C(=O)N2CCN(C(=O)c3ccc(Cl)cc3Cl)CC2)nn1)OCC. The van der Waals surface area contributed by atoms with Crippen molar-refractivity contribution in [1.82, 2.24) is 24.8 Å². The fourth-order valence-corrected chi connectivity index (χ4v) is 3.76. The Morgan fingerprint density at radius 1 is 1.03 bits per heavy atom. The Hall–Kier alpha value is -2.20. The van der Waals surface area contributed by atoms with Gasteiger partial charge < -0.3 is 19.3 Å². The first-order chi connectivity index (χ1) is 14.9. The molecule has 1 aliphatic rings. The Kier molecular flexibility index (Phi) is 8.25. The van der Waals surface area contributed by atoms with Crippen molar-refractivity contribution in [3.05, 3.63) is 45.7 Å². The summed E-state index contributed by atoms with van der Waals surface area (Å²) in [5.41, 5.74) is 0.638. The molecule has 0 saturated carbocycles. The van der Waals surface area contributed by atoms with Crippen LogP contribution in [0.4, 0.5) is 0 Å². The van der Waals surface area contributed by atoms with Crippen LogP contribution in [0.3, 0.4) is 0 Å². The number of rotatable bonds is 8. The number of benzene rings is 1. The standard InChI is InChI=1S/C20H25Cl2N5O4/c1-3-30-18(31-4-2)13-27-12-17(23-24-27)20(29)26-9-7-25(8-10-26)19(28)15-6-5-14(21)11-16(15)22/h5-6,11-12,18H,3-4,7-10,13H2,1-2H3. The zero-order valence-electron chi connectivity index (χ0n) is 17.5. The van der Waals surface area contributed by atoms with Gasteiger partial charge in [0, 0.05) is 44.4 Å². The second kappa shape index (κ2) is 10.9. The Balaban J connectivity index is 1.56. The molecule has 1 aromatic carbocycles. The van der Waals surface area contributed by atoms with Gasteiger partial charge in [0.2, 0.25) is 0 Å². The first kappa shape index (κ1) is 23.5. The lowest BCUT2D eigenvalue weighted by Gasteiger charge is -2.34. The molecule has 1 saturated heterocycles. The van der Waals surface area contributed by atoms with Crippen LogP contribution in [0.15, 0.2) is 24.4 Å². The highest BCUT2D eigenvalue weighted by atomic mass is 35.5. The summed E-state index contributed by atoms with van der Waals surface area (Å²) in [5, 5.41) is 8.77. The Labute approximate surface area is 190 Å². The molecule has 1 aliphatic heterocycles. The monoisotopic (exact) mass is 469 g/mol. The Morgan fingerprint density at radius 3 is 2.23 bits per heavy atom. The number of nitrogens with zero attached hydrogens (tertiary/aromatic N) is 5. The summed E-state index contributed by atoms with van der Waals surface area (Å²) in [6.07, 6.45) is 1.13. The molecule has 0 spiro atoms. The van der Waals surface area contributed by atoms with Crippen molar-refractivity contribution < 1.29 is 19.1 Å². The summed E-state index contributed by atoms with van der Waals surface area (Å²) in [7, 11) is 0. The fraction of sp³-hybridized carbons (Fsp3) is 0.500. The van der Waals surface area contributed by atoms with Crippen LogP contribution in [0.2, 0.25) is 10.0 Å². The lowest BCUT2D eigenvalue weighted by Crippen LogP contribution is -2.50. The van der Waals surface area contributed by atoms with Gasteiger partial charge in [0.25, 0.3) is 11.8 Å². The van der Waals surface area contributed by atoms with E-state index in [4.69, 9.17) is 32.7 Å². The number of halogens is 2. The molecule has 11 heteroatoms. The number of carbonyl (C=O) groups is 2. The second-order valence-electron chi connectivity index (χ2n) is 6.87. The van der Waals surface area contributed by atoms with E-state index in [9.17, 15) is 9.59 Å². The van der Waals surface area contributed by atoms with Crippen LogP contribution < -0.4 is 0 Å². The molecule has 168 valence electrons. The highest BCUT2D eigenvalue weighted by molar-refractivity contribution is 6.36. The third-order valence-electron chi connectivity index (χ3n) is 4.81. The van der Waals surface area contributed by atoms with Gasteiger partial charge in [-0.15, -0.1) is 5.10 Å². The molecule has 3 rings (SSSR count). The maximum absolute atomic E-state index is 12.8. The van der Waals surface area contributed by atoms with E-state index in [-0.39, 0.29) is 17.5 Å². The molecular weight excluding hydrogens is 445 g/mol. The summed E-state index contributed by atoms with van der Waals surface area (Å²) in [4.78, 5) is 28.9. The Bertz CT molecular complexity index is 909. The Morgan fingerprint density at radius 2 is 1.65 bits per heavy atom. The minimum absolute atomic E-state index is 0.183. The molecule has 0 radical (unpaired) electrons. The van der Waals surface area contributed by atoms with E-state index in [1.165, 1.54) is 4.68 Å². The summed E-state index contributed by atoms with van der Waals surface area (Å²) < 4.78 is 12.5. The quantitative estimate of drug-likeness (QED) is 0.551. The van der Waals surface area contributed by atoms with Crippen LogP contribution in [0, 0.1) is 0 Å². The summed E-state index contributed by atoms with van der Waals surface area (Å²) in [5.74, 6) is -0.412. The molecule has 31 heavy (non-hydrogen) atoms. The zero-order chi connectivity index (χ0) is 22.4. The van der Waals surface area contributed by atoms with E-state index in [1.807, 2.05) is 13.8 Å². The van der Waals surface area contributed by atoms with Gasteiger partial charge >= 0.3 is 0 Å². The lowest BCUT2D eigenvalue weighted by atomic mass is 10.1. The van der Waals surface area contributed by atoms with Gasteiger partial charge in [-0.05, 0) is 32.0 Å². The molecular formula is C20H25Cl2N5O4. The van der Waals surface area contributed by atoms with Crippen LogP contribution in [0.25, 0.3) is 0 Å². The minimum atomic E-state index is -0.450. The minimum Gasteiger partial charge on any atom is -0.351 e. The largest absolute Gasteiger partial charge is 0.351 e. The topological polar surface area (TPSA) is 89.8 Å². The summed E-state index contributed by atoms with van der Waals surface area (Å²) in [6.45, 7) is 6.70. The molecule has 0 N–H and O–H groups in total. The number of hydrogen-bond donors (Lipinski definition) is 0. The predicted molar refractivity (Wildman–Crippen MR) is 115 cm³/mol. The summed E-state index contributed by atoms with van der Waals surface area (Å²) in [6, 6.07) is 4.78. The van der Waals surface area contributed by atoms with E-state index in [0.717, 1.165) is 0 Å².